The zero-order valence-electron chi connectivity index (χ0n) is 9.29. The van der Waals surface area contributed by atoms with Crippen molar-refractivity contribution in [3.63, 3.8) is 0 Å². The smallest absolute Gasteiger partial charge is 0.139 e. The third-order valence-electron chi connectivity index (χ3n) is 2.35. The number of anilines is 1. The van der Waals surface area contributed by atoms with Gasteiger partial charge in [0.15, 0.2) is 0 Å². The number of benzene rings is 2. The first-order valence-electron chi connectivity index (χ1n) is 5.18. The molecule has 18 heavy (non-hydrogen) atoms. The van der Waals surface area contributed by atoms with Crippen LogP contribution < -0.4 is 10.5 Å². The maximum absolute atomic E-state index is 6.00. The normalized spacial score (nSPS) is 10.4. The number of hydrogen-bond donors (Lipinski definition) is 1. The molecule has 5 heteroatoms. The molecule has 0 bridgehead atoms. The molecule has 0 fully saturated rings. The largest absolute Gasteiger partial charge is 0.487 e. The van der Waals surface area contributed by atoms with Crippen LogP contribution >= 0.6 is 34.8 Å². The number of nitrogen functional groups attached to an aromatic ring is 1. The first-order chi connectivity index (χ1) is 8.56. The molecule has 0 aliphatic rings. The fourth-order valence-electron chi connectivity index (χ4n) is 1.39. The Morgan fingerprint density at radius 2 is 1.50 bits per heavy atom. The second-order valence-corrected chi connectivity index (χ2v) is 4.95. The van der Waals surface area contributed by atoms with Crippen LogP contribution in [-0.4, -0.2) is 0 Å². The molecule has 0 saturated carbocycles. The van der Waals surface area contributed by atoms with E-state index in [4.69, 9.17) is 45.3 Å². The Morgan fingerprint density at radius 1 is 0.889 bits per heavy atom. The van der Waals surface area contributed by atoms with E-state index in [1.807, 2.05) is 24.3 Å². The molecule has 0 atom stereocenters. The van der Waals surface area contributed by atoms with E-state index in [1.54, 1.807) is 12.1 Å². The summed E-state index contributed by atoms with van der Waals surface area (Å²) in [4.78, 5) is 0. The summed E-state index contributed by atoms with van der Waals surface area (Å²) in [6.07, 6.45) is 0. The van der Waals surface area contributed by atoms with Gasteiger partial charge in [0.25, 0.3) is 0 Å². The van der Waals surface area contributed by atoms with Gasteiger partial charge in [-0.2, -0.15) is 0 Å². The summed E-state index contributed by atoms with van der Waals surface area (Å²) in [5.41, 5.74) is 7.31. The number of rotatable bonds is 3. The second kappa shape index (κ2) is 5.70. The summed E-state index contributed by atoms with van der Waals surface area (Å²) in [5.74, 6) is 0.503. The third kappa shape index (κ3) is 3.22. The van der Waals surface area contributed by atoms with E-state index in [0.717, 1.165) is 5.56 Å². The van der Waals surface area contributed by atoms with Crippen LogP contribution in [0.5, 0.6) is 5.75 Å². The Morgan fingerprint density at radius 3 is 2.17 bits per heavy atom. The molecule has 2 N–H and O–H groups in total. The van der Waals surface area contributed by atoms with E-state index in [1.165, 1.54) is 0 Å². The van der Waals surface area contributed by atoms with Crippen LogP contribution in [0, 0.1) is 0 Å². The zero-order valence-corrected chi connectivity index (χ0v) is 11.6. The molecule has 0 aliphatic heterocycles. The van der Waals surface area contributed by atoms with Crippen LogP contribution in [0.3, 0.4) is 0 Å². The lowest BCUT2D eigenvalue weighted by atomic mass is 10.2. The summed E-state index contributed by atoms with van der Waals surface area (Å²) in [6, 6.07) is 10.6. The van der Waals surface area contributed by atoms with Crippen molar-refractivity contribution < 1.29 is 4.74 Å². The predicted octanol–water partition coefficient (Wildman–Crippen LogP) is 4.81. The standard InChI is InChI=1S/C13H10Cl3NO/c14-10-5-12(16)13(6-11(10)15)18-7-8-1-3-9(17)4-2-8/h1-6H,7,17H2. The highest BCUT2D eigenvalue weighted by Crippen LogP contribution is 2.34. The average Bonchev–Trinajstić information content (AvgIpc) is 2.34. The molecule has 2 aromatic rings. The van der Waals surface area contributed by atoms with Crippen molar-refractivity contribution in [2.45, 2.75) is 6.61 Å². The zero-order chi connectivity index (χ0) is 13.1. The molecule has 0 amide bonds. The van der Waals surface area contributed by atoms with E-state index >= 15 is 0 Å². The van der Waals surface area contributed by atoms with Gasteiger partial charge in [0.2, 0.25) is 0 Å². The Hall–Kier alpha value is -1.09. The Kier molecular flexibility index (Phi) is 4.23. The van der Waals surface area contributed by atoms with Crippen LogP contribution in [0.4, 0.5) is 5.69 Å². The SMILES string of the molecule is Nc1ccc(COc2cc(Cl)c(Cl)cc2Cl)cc1. The summed E-state index contributed by atoms with van der Waals surface area (Å²) in [7, 11) is 0. The van der Waals surface area contributed by atoms with E-state index in [2.05, 4.69) is 0 Å². The van der Waals surface area contributed by atoms with E-state index < -0.39 is 0 Å². The summed E-state index contributed by atoms with van der Waals surface area (Å²) >= 11 is 17.7. The van der Waals surface area contributed by atoms with Gasteiger partial charge >= 0.3 is 0 Å². The first kappa shape index (κ1) is 13.3. The Bertz CT molecular complexity index is 555. The fraction of sp³-hybridized carbons (Fsp3) is 0.0769. The highest BCUT2D eigenvalue weighted by Gasteiger charge is 2.07. The van der Waals surface area contributed by atoms with Crippen molar-refractivity contribution in [1.82, 2.24) is 0 Å². The predicted molar refractivity (Wildman–Crippen MR) is 76.7 cm³/mol. The van der Waals surface area contributed by atoms with Gasteiger partial charge in [0.1, 0.15) is 12.4 Å². The maximum Gasteiger partial charge on any atom is 0.139 e. The number of nitrogens with two attached hydrogens (primary N) is 1. The first-order valence-corrected chi connectivity index (χ1v) is 6.31. The highest BCUT2D eigenvalue weighted by molar-refractivity contribution is 6.43. The minimum absolute atomic E-state index is 0.387. The molecule has 0 spiro atoms. The molecule has 2 rings (SSSR count). The van der Waals surface area contributed by atoms with Crippen molar-refractivity contribution in [1.29, 1.82) is 0 Å². The summed E-state index contributed by atoms with van der Waals surface area (Å²) in [5, 5.41) is 1.25. The van der Waals surface area contributed by atoms with Gasteiger partial charge in [0, 0.05) is 11.8 Å². The fourth-order valence-corrected chi connectivity index (χ4v) is 1.98. The molecule has 0 aromatic heterocycles. The molecule has 0 saturated heterocycles. The van der Waals surface area contributed by atoms with Crippen LogP contribution in [0.25, 0.3) is 0 Å². The lowest BCUT2D eigenvalue weighted by Crippen LogP contribution is -1.96. The minimum Gasteiger partial charge on any atom is -0.487 e. The summed E-state index contributed by atoms with van der Waals surface area (Å²) in [6.45, 7) is 0.387. The van der Waals surface area contributed by atoms with Gasteiger partial charge in [-0.25, -0.2) is 0 Å². The molecular weight excluding hydrogens is 293 g/mol. The van der Waals surface area contributed by atoms with Gasteiger partial charge in [-0.3, -0.25) is 0 Å². The van der Waals surface area contributed by atoms with Crippen molar-refractivity contribution >= 4 is 40.5 Å². The topological polar surface area (TPSA) is 35.2 Å². The maximum atomic E-state index is 6.00. The van der Waals surface area contributed by atoms with Crippen molar-refractivity contribution in [3.05, 3.63) is 57.0 Å². The molecule has 0 heterocycles. The third-order valence-corrected chi connectivity index (χ3v) is 3.37. The average molecular weight is 303 g/mol. The van der Waals surface area contributed by atoms with Crippen LogP contribution in [0.1, 0.15) is 5.56 Å². The van der Waals surface area contributed by atoms with Gasteiger partial charge in [-0.15, -0.1) is 0 Å². The minimum atomic E-state index is 0.387. The van der Waals surface area contributed by atoms with Gasteiger partial charge < -0.3 is 10.5 Å². The van der Waals surface area contributed by atoms with E-state index in [-0.39, 0.29) is 0 Å². The second-order valence-electron chi connectivity index (χ2n) is 3.73. The number of ether oxygens (including phenoxy) is 1. The molecule has 2 aromatic carbocycles. The Labute approximate surface area is 120 Å². The van der Waals surface area contributed by atoms with Crippen LogP contribution in [0.2, 0.25) is 15.1 Å². The monoisotopic (exact) mass is 301 g/mol. The number of halogens is 3. The van der Waals surface area contributed by atoms with Crippen LogP contribution in [0.15, 0.2) is 36.4 Å². The van der Waals surface area contributed by atoms with E-state index in [0.29, 0.717) is 33.1 Å². The quantitative estimate of drug-likeness (QED) is 0.652. The van der Waals surface area contributed by atoms with Gasteiger partial charge in [0.05, 0.1) is 15.1 Å². The summed E-state index contributed by atoms with van der Waals surface area (Å²) < 4.78 is 5.58. The lowest BCUT2D eigenvalue weighted by molar-refractivity contribution is 0.306. The molecule has 0 unspecified atom stereocenters. The molecule has 0 aliphatic carbocycles. The van der Waals surface area contributed by atoms with E-state index in [9.17, 15) is 0 Å². The van der Waals surface area contributed by atoms with Crippen molar-refractivity contribution in [2.75, 3.05) is 5.73 Å². The number of hydrogen-bond acceptors (Lipinski definition) is 2. The lowest BCUT2D eigenvalue weighted by Gasteiger charge is -2.09. The van der Waals surface area contributed by atoms with Gasteiger partial charge in [-0.05, 0) is 23.8 Å². The molecular formula is C13H10Cl3NO. The highest BCUT2D eigenvalue weighted by atomic mass is 35.5. The molecule has 0 radical (unpaired) electrons. The van der Waals surface area contributed by atoms with Crippen molar-refractivity contribution in [2.24, 2.45) is 0 Å². The Balaban J connectivity index is 2.10. The molecule has 94 valence electrons. The van der Waals surface area contributed by atoms with Crippen LogP contribution in [-0.2, 0) is 6.61 Å². The van der Waals surface area contributed by atoms with Gasteiger partial charge in [-0.1, -0.05) is 46.9 Å². The molecule has 2 nitrogen and oxygen atoms in total. The van der Waals surface area contributed by atoms with Crippen molar-refractivity contribution in [3.8, 4) is 5.75 Å².